The third-order valence-corrected chi connectivity index (χ3v) is 17.4. The molecule has 51 heavy (non-hydrogen) atoms. The van der Waals surface area contributed by atoms with E-state index in [1.54, 1.807) is 6.08 Å². The molecule has 9 heteroatoms. The molecule has 0 saturated heterocycles. The molecule has 5 N–H and O–H groups in total. The Bertz CT molecular complexity index is 1630. The first-order valence-electron chi connectivity index (χ1n) is 19.9. The maximum absolute atomic E-state index is 14.3. The smallest absolute Gasteiger partial charge is 0.196 e. The second-order valence-corrected chi connectivity index (χ2v) is 19.4. The monoisotopic (exact) mass is 706 g/mol. The summed E-state index contributed by atoms with van der Waals surface area (Å²) in [5.41, 5.74) is -1.13. The zero-order valence-electron chi connectivity index (χ0n) is 30.8. The van der Waals surface area contributed by atoms with Gasteiger partial charge in [-0.2, -0.15) is 0 Å². The second-order valence-electron chi connectivity index (χ2n) is 19.4. The first-order chi connectivity index (χ1) is 23.9. The molecule has 0 aliphatic heterocycles. The van der Waals surface area contributed by atoms with E-state index in [9.17, 15) is 44.7 Å². The van der Waals surface area contributed by atoms with Gasteiger partial charge in [0.1, 0.15) is 23.6 Å². The number of hydrogen-bond donors (Lipinski definition) is 5. The molecule has 0 aromatic carbocycles. The van der Waals surface area contributed by atoms with Gasteiger partial charge in [-0.25, -0.2) is 0 Å². The van der Waals surface area contributed by atoms with Crippen LogP contribution >= 0.6 is 0 Å². The van der Waals surface area contributed by atoms with Crippen molar-refractivity contribution < 1.29 is 44.7 Å². The zero-order valence-corrected chi connectivity index (χ0v) is 30.8. The summed E-state index contributed by atoms with van der Waals surface area (Å²) >= 11 is 0. The van der Waals surface area contributed by atoms with Gasteiger partial charge in [0.2, 0.25) is 0 Å². The normalized spacial score (nSPS) is 50.2. The van der Waals surface area contributed by atoms with Crippen LogP contribution < -0.4 is 0 Å². The van der Waals surface area contributed by atoms with Crippen LogP contribution in [-0.2, 0) is 19.2 Å². The van der Waals surface area contributed by atoms with Crippen LogP contribution in [0.5, 0.6) is 0 Å². The third-order valence-electron chi connectivity index (χ3n) is 17.4. The fraction of sp³-hybridized carbons (Fsp3) is 0.810. The lowest BCUT2D eigenvalue weighted by Crippen LogP contribution is -2.61. The number of carbonyl (C=O) groups excluding carboxylic acids is 4. The molecular weight excluding hydrogens is 648 g/mol. The van der Waals surface area contributed by atoms with E-state index < -0.39 is 58.3 Å². The summed E-state index contributed by atoms with van der Waals surface area (Å²) in [4.78, 5) is 53.1. The molecule has 15 atom stereocenters. The molecule has 0 aromatic heterocycles. The van der Waals surface area contributed by atoms with Gasteiger partial charge < -0.3 is 25.5 Å². The van der Waals surface area contributed by atoms with Crippen molar-refractivity contribution in [2.45, 2.75) is 154 Å². The number of aliphatic hydroxyl groups is 5. The zero-order chi connectivity index (χ0) is 36.6. The average Bonchev–Trinajstić information content (AvgIpc) is 3.56. The Kier molecular flexibility index (Phi) is 8.27. The van der Waals surface area contributed by atoms with Crippen LogP contribution in [0.15, 0.2) is 22.8 Å². The molecule has 5 fully saturated rings. The first-order valence-corrected chi connectivity index (χ1v) is 19.9. The highest BCUT2D eigenvalue weighted by molar-refractivity contribution is 5.99. The van der Waals surface area contributed by atoms with E-state index in [2.05, 4.69) is 13.8 Å². The van der Waals surface area contributed by atoms with Gasteiger partial charge in [0.15, 0.2) is 17.3 Å². The van der Waals surface area contributed by atoms with Gasteiger partial charge in [-0.15, -0.1) is 0 Å². The van der Waals surface area contributed by atoms with Crippen molar-refractivity contribution >= 4 is 23.1 Å². The summed E-state index contributed by atoms with van der Waals surface area (Å²) in [5, 5.41) is 58.8. The Labute approximate surface area is 301 Å². The largest absolute Gasteiger partial charge is 0.393 e. The highest BCUT2D eigenvalue weighted by atomic mass is 16.4. The SMILES string of the molecule is C[C@@]12CCC(=O)CC1CCC1=C2[C@@H](O)C[C@@]2(C)C1CC[C@]2(O)C(=O)C(O)C(O)C(=O)[C@H]1CCC2C3CCC4=CC(=O)CC[C@]4(C)C3[C@@H](O)C[C@@]21C. The van der Waals surface area contributed by atoms with Gasteiger partial charge in [0, 0.05) is 30.6 Å². The van der Waals surface area contributed by atoms with E-state index >= 15 is 0 Å². The van der Waals surface area contributed by atoms with Gasteiger partial charge in [-0.1, -0.05) is 38.8 Å². The molecule has 280 valence electrons. The van der Waals surface area contributed by atoms with Crippen LogP contribution in [0.1, 0.15) is 124 Å². The van der Waals surface area contributed by atoms with Gasteiger partial charge in [-0.05, 0) is 135 Å². The van der Waals surface area contributed by atoms with Crippen molar-refractivity contribution in [2.24, 2.45) is 57.2 Å². The average molecular weight is 707 g/mol. The number of hydrogen-bond acceptors (Lipinski definition) is 9. The summed E-state index contributed by atoms with van der Waals surface area (Å²) in [7, 11) is 0. The van der Waals surface area contributed by atoms with E-state index in [0.29, 0.717) is 57.8 Å². The molecule has 8 aliphatic rings. The Balaban J connectivity index is 1.02. The number of allylic oxidation sites excluding steroid dienone is 2. The first kappa shape index (κ1) is 36.0. The summed E-state index contributed by atoms with van der Waals surface area (Å²) in [6.07, 6.45) is 4.38. The van der Waals surface area contributed by atoms with Crippen molar-refractivity contribution in [3.05, 3.63) is 22.8 Å². The molecule has 0 aromatic rings. The number of aliphatic hydroxyl groups excluding tert-OH is 4. The number of ketones is 4. The predicted molar refractivity (Wildman–Crippen MR) is 187 cm³/mol. The van der Waals surface area contributed by atoms with Crippen LogP contribution in [0.3, 0.4) is 0 Å². The molecule has 7 unspecified atom stereocenters. The molecule has 0 radical (unpaired) electrons. The van der Waals surface area contributed by atoms with Crippen LogP contribution in [0.4, 0.5) is 0 Å². The number of fused-ring (bicyclic) bond motifs is 9. The minimum atomic E-state index is -2.12. The predicted octanol–water partition coefficient (Wildman–Crippen LogP) is 4.34. The molecule has 0 spiro atoms. The molecular formula is C42H58O9. The van der Waals surface area contributed by atoms with Crippen LogP contribution in [0, 0.1) is 57.2 Å². The van der Waals surface area contributed by atoms with E-state index in [1.807, 2.05) is 13.8 Å². The number of Topliss-reactive ketones (excluding diaryl/α,β-unsaturated/α-hetero) is 3. The molecule has 0 amide bonds. The van der Waals surface area contributed by atoms with Gasteiger partial charge >= 0.3 is 0 Å². The summed E-state index contributed by atoms with van der Waals surface area (Å²) in [6.45, 7) is 8.17. The Morgan fingerprint density at radius 1 is 0.824 bits per heavy atom. The van der Waals surface area contributed by atoms with Crippen molar-refractivity contribution in [2.75, 3.05) is 0 Å². The molecule has 9 nitrogen and oxygen atoms in total. The quantitative estimate of drug-likeness (QED) is 0.261. The fourth-order valence-electron chi connectivity index (χ4n) is 14.7. The lowest BCUT2D eigenvalue weighted by Gasteiger charge is -2.59. The topological polar surface area (TPSA) is 169 Å². The maximum Gasteiger partial charge on any atom is 0.196 e. The van der Waals surface area contributed by atoms with Crippen molar-refractivity contribution in [3.63, 3.8) is 0 Å². The van der Waals surface area contributed by atoms with Gasteiger partial charge in [0.25, 0.3) is 0 Å². The number of rotatable bonds is 5. The Hall–Kier alpha value is -2.04. The Morgan fingerprint density at radius 3 is 2.29 bits per heavy atom. The molecule has 5 saturated carbocycles. The standard InChI is InChI=1S/C42H58O9/c1-38-14-11-23(43)17-21(38)5-7-25-27-9-10-29(40(27,3)19-30(45)32(25)38)34(47)35(48)36(49)37(50)42(51)16-13-28-26-8-6-22-18-24(44)12-15-39(22,2)33(26)31(46)20-41(28,42)4/h17,22,25,27-32,35-36,45-46,48-49,51H,5-16,18-20H2,1-4H3/t22?,25?,27?,28?,29-,30+,31+,32?,35?,36?,38+,39-,40+,41+,42+/m1/s1. The van der Waals surface area contributed by atoms with Gasteiger partial charge in [-0.3, -0.25) is 19.2 Å². The summed E-state index contributed by atoms with van der Waals surface area (Å²) < 4.78 is 0. The van der Waals surface area contributed by atoms with E-state index in [-0.39, 0.29) is 64.8 Å². The van der Waals surface area contributed by atoms with Crippen LogP contribution in [0.25, 0.3) is 0 Å². The summed E-state index contributed by atoms with van der Waals surface area (Å²) in [5.74, 6) is -1.55. The van der Waals surface area contributed by atoms with Crippen LogP contribution in [0.2, 0.25) is 0 Å². The van der Waals surface area contributed by atoms with E-state index in [1.165, 1.54) is 0 Å². The lowest BCUT2D eigenvalue weighted by molar-refractivity contribution is -0.173. The fourth-order valence-corrected chi connectivity index (χ4v) is 14.7. The van der Waals surface area contributed by atoms with Crippen molar-refractivity contribution in [1.29, 1.82) is 0 Å². The lowest BCUT2D eigenvalue weighted by atomic mass is 9.45. The minimum absolute atomic E-state index is 0.0142. The molecule has 0 bridgehead atoms. The van der Waals surface area contributed by atoms with Crippen molar-refractivity contribution in [1.82, 2.24) is 0 Å². The molecule has 8 rings (SSSR count). The molecule has 0 heterocycles. The maximum atomic E-state index is 14.3. The van der Waals surface area contributed by atoms with E-state index in [4.69, 9.17) is 0 Å². The highest BCUT2D eigenvalue weighted by Gasteiger charge is 2.68. The van der Waals surface area contributed by atoms with Crippen LogP contribution in [-0.4, -0.2) is 78.7 Å². The number of carbonyl (C=O) groups is 4. The second kappa shape index (κ2) is 11.7. The third kappa shape index (κ3) is 4.76. The highest BCUT2D eigenvalue weighted by Crippen LogP contribution is 2.68. The van der Waals surface area contributed by atoms with Crippen molar-refractivity contribution in [3.8, 4) is 0 Å². The minimum Gasteiger partial charge on any atom is -0.393 e. The summed E-state index contributed by atoms with van der Waals surface area (Å²) in [6, 6.07) is 0. The Morgan fingerprint density at radius 2 is 1.55 bits per heavy atom. The molecule has 8 aliphatic carbocycles. The van der Waals surface area contributed by atoms with E-state index in [0.717, 1.165) is 42.4 Å². The van der Waals surface area contributed by atoms with Gasteiger partial charge in [0.05, 0.1) is 12.2 Å².